The van der Waals surface area contributed by atoms with Crippen LogP contribution < -0.4 is 0 Å². The Morgan fingerprint density at radius 3 is 2.22 bits per heavy atom. The maximum absolute atomic E-state index is 11.8. The molecule has 0 aliphatic heterocycles. The molecular weight excluding hydrogens is 294 g/mol. The van der Waals surface area contributed by atoms with E-state index in [0.717, 1.165) is 32.1 Å². The van der Waals surface area contributed by atoms with Gasteiger partial charge in [0.25, 0.3) is 0 Å². The molecule has 1 N–H and O–H groups in total. The van der Waals surface area contributed by atoms with E-state index in [9.17, 15) is 9.59 Å². The molecule has 132 valence electrons. The predicted octanol–water partition coefficient (Wildman–Crippen LogP) is 3.16. The van der Waals surface area contributed by atoms with E-state index in [1.54, 1.807) is 6.08 Å². The summed E-state index contributed by atoms with van der Waals surface area (Å²) in [7, 11) is 5.81. The highest BCUT2D eigenvalue weighted by molar-refractivity contribution is 5.82. The minimum absolute atomic E-state index is 0.168. The fraction of sp³-hybridized carbons (Fsp3) is 0.667. The lowest BCUT2D eigenvalue weighted by molar-refractivity contribution is -0.873. The van der Waals surface area contributed by atoms with Gasteiger partial charge in [0.05, 0.1) is 27.6 Å². The Morgan fingerprint density at radius 2 is 1.70 bits per heavy atom. The summed E-state index contributed by atoms with van der Waals surface area (Å²) in [4.78, 5) is 22.6. The summed E-state index contributed by atoms with van der Waals surface area (Å²) in [5.41, 5.74) is 0. The minimum Gasteiger partial charge on any atom is -0.481 e. The Hall–Kier alpha value is -1.62. The molecule has 0 fully saturated rings. The Balaban J connectivity index is 4.13. The van der Waals surface area contributed by atoms with Gasteiger partial charge in [-0.1, -0.05) is 25.2 Å². The van der Waals surface area contributed by atoms with Gasteiger partial charge in [0.2, 0.25) is 0 Å². The lowest BCUT2D eigenvalue weighted by Gasteiger charge is -2.28. The van der Waals surface area contributed by atoms with Crippen LogP contribution in [0.3, 0.4) is 0 Å². The first-order chi connectivity index (χ1) is 10.7. The molecule has 0 saturated heterocycles. The third kappa shape index (κ3) is 15.1. The van der Waals surface area contributed by atoms with Crippen LogP contribution in [0.1, 0.15) is 45.4 Å². The Labute approximate surface area is 140 Å². The topological polar surface area (TPSA) is 63.6 Å². The Kier molecular flexibility index (Phi) is 11.0. The number of likely N-dealkylation sites (N-methyl/N-ethyl adjacent to an activating group) is 1. The SMILES string of the molecule is CC/C=C/CCCC/C=C/C(=O)OC(CC(=O)O)C[N+](C)(C)C. The van der Waals surface area contributed by atoms with Gasteiger partial charge >= 0.3 is 11.9 Å². The average Bonchev–Trinajstić information content (AvgIpc) is 2.39. The lowest BCUT2D eigenvalue weighted by Crippen LogP contribution is -2.43. The van der Waals surface area contributed by atoms with Gasteiger partial charge in [-0.25, -0.2) is 4.79 Å². The summed E-state index contributed by atoms with van der Waals surface area (Å²) in [5, 5.41) is 8.91. The highest BCUT2D eigenvalue weighted by atomic mass is 16.5. The molecule has 0 radical (unpaired) electrons. The van der Waals surface area contributed by atoms with E-state index in [1.807, 2.05) is 21.1 Å². The molecule has 0 aliphatic rings. The molecule has 23 heavy (non-hydrogen) atoms. The first kappa shape index (κ1) is 21.4. The van der Waals surface area contributed by atoms with Crippen molar-refractivity contribution in [1.29, 1.82) is 0 Å². The number of hydrogen-bond acceptors (Lipinski definition) is 3. The zero-order valence-electron chi connectivity index (χ0n) is 15.0. The van der Waals surface area contributed by atoms with Crippen molar-refractivity contribution in [3.63, 3.8) is 0 Å². The number of rotatable bonds is 12. The second-order valence-corrected chi connectivity index (χ2v) is 6.70. The molecule has 5 heteroatoms. The molecule has 0 amide bonds. The number of esters is 1. The lowest BCUT2D eigenvalue weighted by atomic mass is 10.1. The van der Waals surface area contributed by atoms with Gasteiger partial charge in [-0.3, -0.25) is 4.79 Å². The van der Waals surface area contributed by atoms with Crippen molar-refractivity contribution in [1.82, 2.24) is 0 Å². The number of quaternary nitrogens is 1. The first-order valence-corrected chi connectivity index (χ1v) is 8.29. The highest BCUT2D eigenvalue weighted by Gasteiger charge is 2.23. The molecule has 0 spiro atoms. The molecule has 0 bridgehead atoms. The molecule has 0 aliphatic carbocycles. The van der Waals surface area contributed by atoms with E-state index in [1.165, 1.54) is 6.08 Å². The van der Waals surface area contributed by atoms with Crippen LogP contribution in [-0.2, 0) is 14.3 Å². The largest absolute Gasteiger partial charge is 0.481 e. The third-order valence-corrected chi connectivity index (χ3v) is 3.08. The van der Waals surface area contributed by atoms with Gasteiger partial charge in [-0.05, 0) is 32.1 Å². The van der Waals surface area contributed by atoms with E-state index < -0.39 is 18.0 Å². The number of nitrogens with zero attached hydrogens (tertiary/aromatic N) is 1. The summed E-state index contributed by atoms with van der Waals surface area (Å²) in [6, 6.07) is 0. The van der Waals surface area contributed by atoms with Gasteiger partial charge in [-0.2, -0.15) is 0 Å². The normalized spacial score (nSPS) is 13.6. The van der Waals surface area contributed by atoms with Crippen LogP contribution >= 0.6 is 0 Å². The summed E-state index contributed by atoms with van der Waals surface area (Å²) < 4.78 is 5.81. The smallest absolute Gasteiger partial charge is 0.330 e. The number of unbranched alkanes of at least 4 members (excludes halogenated alkanes) is 3. The number of aliphatic carboxylic acids is 1. The van der Waals surface area contributed by atoms with Gasteiger partial charge in [-0.15, -0.1) is 0 Å². The number of ether oxygens (including phenoxy) is 1. The molecule has 0 saturated carbocycles. The fourth-order valence-corrected chi connectivity index (χ4v) is 2.14. The maximum atomic E-state index is 11.8. The van der Waals surface area contributed by atoms with Crippen LogP contribution in [0, 0.1) is 0 Å². The van der Waals surface area contributed by atoms with Crippen molar-refractivity contribution >= 4 is 11.9 Å². The second kappa shape index (κ2) is 11.9. The van der Waals surface area contributed by atoms with Crippen LogP contribution in [-0.4, -0.2) is 55.3 Å². The average molecular weight is 326 g/mol. The van der Waals surface area contributed by atoms with E-state index in [0.29, 0.717) is 11.0 Å². The fourth-order valence-electron chi connectivity index (χ4n) is 2.14. The predicted molar refractivity (Wildman–Crippen MR) is 92.1 cm³/mol. The number of carbonyl (C=O) groups excluding carboxylic acids is 1. The standard InChI is InChI=1S/C18H31NO4/c1-5-6-7-8-9-10-11-12-13-18(22)23-16(14-17(20)21)15-19(2,3)4/h6-7,12-13,16H,5,8-11,14-15H2,1-4H3/p+1/b7-6+,13-12+. The number of carboxylic acid groups (broad SMARTS) is 1. The van der Waals surface area contributed by atoms with Crippen LogP contribution in [0.5, 0.6) is 0 Å². The van der Waals surface area contributed by atoms with Crippen molar-refractivity contribution < 1.29 is 23.9 Å². The molecule has 5 nitrogen and oxygen atoms in total. The molecular formula is C18H32NO4+. The zero-order valence-corrected chi connectivity index (χ0v) is 15.0. The summed E-state index contributed by atoms with van der Waals surface area (Å²) in [6.07, 6.45) is 11.8. The van der Waals surface area contributed by atoms with Crippen molar-refractivity contribution in [3.05, 3.63) is 24.3 Å². The monoisotopic (exact) mass is 326 g/mol. The molecule has 0 aromatic heterocycles. The Bertz CT molecular complexity index is 408. The van der Waals surface area contributed by atoms with Crippen LogP contribution in [0.2, 0.25) is 0 Å². The molecule has 1 unspecified atom stereocenters. The summed E-state index contributed by atoms with van der Waals surface area (Å²) in [6.45, 7) is 2.58. The number of hydrogen-bond donors (Lipinski definition) is 1. The quantitative estimate of drug-likeness (QED) is 0.197. The number of carboxylic acids is 1. The number of carbonyl (C=O) groups is 2. The molecule has 0 aromatic rings. The van der Waals surface area contributed by atoms with E-state index >= 15 is 0 Å². The van der Waals surface area contributed by atoms with Gasteiger partial charge in [0.15, 0.2) is 6.10 Å². The van der Waals surface area contributed by atoms with E-state index in [2.05, 4.69) is 19.1 Å². The van der Waals surface area contributed by atoms with Crippen molar-refractivity contribution in [2.75, 3.05) is 27.7 Å². The summed E-state index contributed by atoms with van der Waals surface area (Å²) >= 11 is 0. The van der Waals surface area contributed by atoms with Crippen LogP contribution in [0.4, 0.5) is 0 Å². The minimum atomic E-state index is -0.958. The first-order valence-electron chi connectivity index (χ1n) is 8.29. The van der Waals surface area contributed by atoms with Gasteiger partial charge in [0.1, 0.15) is 6.54 Å². The summed E-state index contributed by atoms with van der Waals surface area (Å²) in [5.74, 6) is -1.42. The maximum Gasteiger partial charge on any atom is 0.330 e. The van der Waals surface area contributed by atoms with Crippen LogP contribution in [0.25, 0.3) is 0 Å². The van der Waals surface area contributed by atoms with Gasteiger partial charge < -0.3 is 14.3 Å². The molecule has 0 heterocycles. The second-order valence-electron chi connectivity index (χ2n) is 6.70. The molecule has 0 rings (SSSR count). The molecule has 0 aromatic carbocycles. The van der Waals surface area contributed by atoms with E-state index in [4.69, 9.17) is 9.84 Å². The molecule has 1 atom stereocenters. The van der Waals surface area contributed by atoms with Crippen molar-refractivity contribution in [2.45, 2.75) is 51.6 Å². The zero-order chi connectivity index (χ0) is 17.7. The number of allylic oxidation sites excluding steroid dienone is 3. The van der Waals surface area contributed by atoms with Gasteiger partial charge in [0, 0.05) is 6.08 Å². The van der Waals surface area contributed by atoms with E-state index in [-0.39, 0.29) is 6.42 Å². The highest BCUT2D eigenvalue weighted by Crippen LogP contribution is 2.07. The van der Waals surface area contributed by atoms with Crippen molar-refractivity contribution in [3.8, 4) is 0 Å². The van der Waals surface area contributed by atoms with Crippen LogP contribution in [0.15, 0.2) is 24.3 Å². The Morgan fingerprint density at radius 1 is 1.09 bits per heavy atom. The van der Waals surface area contributed by atoms with Crippen molar-refractivity contribution in [2.24, 2.45) is 0 Å². The third-order valence-electron chi connectivity index (χ3n) is 3.08.